The summed E-state index contributed by atoms with van der Waals surface area (Å²) in [5.74, 6) is -0.158. The first-order valence-electron chi connectivity index (χ1n) is 9.47. The van der Waals surface area contributed by atoms with Crippen LogP contribution in [0.3, 0.4) is 0 Å². The maximum atomic E-state index is 14.0. The molecule has 10 heteroatoms. The highest BCUT2D eigenvalue weighted by molar-refractivity contribution is 9.10. The highest BCUT2D eigenvalue weighted by Gasteiger charge is 2.24. The molecule has 31 heavy (non-hydrogen) atoms. The van der Waals surface area contributed by atoms with Gasteiger partial charge in [0.15, 0.2) is 11.4 Å². The zero-order valence-corrected chi connectivity index (χ0v) is 18.8. The molecule has 7 nitrogen and oxygen atoms in total. The molecule has 162 valence electrons. The molecule has 0 saturated heterocycles. The summed E-state index contributed by atoms with van der Waals surface area (Å²) in [6.07, 6.45) is 5.15. The Labute approximate surface area is 190 Å². The van der Waals surface area contributed by atoms with Crippen LogP contribution in [0.2, 0.25) is 5.02 Å². The Hall–Kier alpha value is -2.78. The number of halogens is 3. The van der Waals surface area contributed by atoms with Crippen LogP contribution < -0.4 is 16.2 Å². The summed E-state index contributed by atoms with van der Waals surface area (Å²) in [4.78, 5) is 17.2. The Bertz CT molecular complexity index is 1210. The number of furan rings is 1. The van der Waals surface area contributed by atoms with Gasteiger partial charge in [0.05, 0.1) is 16.7 Å². The number of fused-ring (bicyclic) bond motifs is 1. The fourth-order valence-electron chi connectivity index (χ4n) is 3.61. The number of amides is 2. The second kappa shape index (κ2) is 8.39. The number of ether oxygens (including phenoxy) is 1. The largest absolute Gasteiger partial charge is 0.478 e. The highest BCUT2D eigenvalue weighted by atomic mass is 79.9. The summed E-state index contributed by atoms with van der Waals surface area (Å²) < 4.78 is 26.4. The Morgan fingerprint density at radius 1 is 1.45 bits per heavy atom. The van der Waals surface area contributed by atoms with Crippen molar-refractivity contribution >= 4 is 55.9 Å². The van der Waals surface area contributed by atoms with E-state index in [1.54, 1.807) is 30.4 Å². The van der Waals surface area contributed by atoms with Crippen LogP contribution in [-0.2, 0) is 0 Å². The zero-order valence-electron chi connectivity index (χ0n) is 16.5. The average molecular weight is 510 g/mol. The average Bonchev–Trinajstić information content (AvgIpc) is 3.17. The molecule has 0 fully saturated rings. The molecule has 1 aliphatic heterocycles. The van der Waals surface area contributed by atoms with Gasteiger partial charge in [0.2, 0.25) is 5.75 Å². The number of pyridine rings is 1. The molecule has 3 heterocycles. The molecule has 2 amide bonds. The van der Waals surface area contributed by atoms with E-state index < -0.39 is 18.0 Å². The molecule has 0 bridgehead atoms. The van der Waals surface area contributed by atoms with E-state index in [-0.39, 0.29) is 16.6 Å². The lowest BCUT2D eigenvalue weighted by molar-refractivity contribution is 0.213. The molecule has 0 aliphatic carbocycles. The molecule has 4 N–H and O–H groups in total. The number of urea groups is 1. The lowest BCUT2D eigenvalue weighted by Gasteiger charge is -2.24. The van der Waals surface area contributed by atoms with Crippen LogP contribution in [0.5, 0.6) is 5.75 Å². The van der Waals surface area contributed by atoms with Crippen molar-refractivity contribution < 1.29 is 18.3 Å². The number of rotatable bonds is 4. The van der Waals surface area contributed by atoms with Gasteiger partial charge < -0.3 is 25.5 Å². The summed E-state index contributed by atoms with van der Waals surface area (Å²) in [6, 6.07) is 2.39. The summed E-state index contributed by atoms with van der Waals surface area (Å²) >= 11 is 9.55. The predicted octanol–water partition coefficient (Wildman–Crippen LogP) is 5.27. The van der Waals surface area contributed by atoms with Crippen molar-refractivity contribution in [3.63, 3.8) is 0 Å². The van der Waals surface area contributed by atoms with Crippen LogP contribution >= 0.6 is 27.5 Å². The van der Waals surface area contributed by atoms with Gasteiger partial charge in [0.25, 0.3) is 0 Å². The molecule has 1 unspecified atom stereocenters. The molecule has 0 radical (unpaired) electrons. The van der Waals surface area contributed by atoms with Crippen molar-refractivity contribution in [3.8, 4) is 5.75 Å². The number of nitrogens with two attached hydrogens (primary N) is 2. The smallest absolute Gasteiger partial charge is 0.315 e. The lowest BCUT2D eigenvalue weighted by Crippen LogP contribution is -2.38. The fourth-order valence-corrected chi connectivity index (χ4v) is 4.69. The van der Waals surface area contributed by atoms with Gasteiger partial charge >= 0.3 is 6.03 Å². The molecule has 3 aromatic rings. The third kappa shape index (κ3) is 3.95. The molecule has 4 rings (SSSR count). The Morgan fingerprint density at radius 3 is 2.90 bits per heavy atom. The van der Waals surface area contributed by atoms with Crippen molar-refractivity contribution in [2.75, 3.05) is 18.8 Å². The number of benzene rings is 1. The first-order valence-corrected chi connectivity index (χ1v) is 10.6. The van der Waals surface area contributed by atoms with Gasteiger partial charge in [-0.25, -0.2) is 14.2 Å². The molecule has 0 saturated carbocycles. The number of hydrogen-bond acceptors (Lipinski definition) is 5. The number of primary amides is 1. The predicted molar refractivity (Wildman–Crippen MR) is 120 cm³/mol. The molecule has 0 spiro atoms. The first-order chi connectivity index (χ1) is 14.8. The van der Waals surface area contributed by atoms with E-state index in [1.165, 1.54) is 6.07 Å². The van der Waals surface area contributed by atoms with Gasteiger partial charge in [-0.15, -0.1) is 0 Å². The molecular weight excluding hydrogens is 491 g/mol. The van der Waals surface area contributed by atoms with Gasteiger partial charge in [-0.1, -0.05) is 33.6 Å². The number of aromatic nitrogens is 1. The van der Waals surface area contributed by atoms with E-state index in [4.69, 9.17) is 32.2 Å². The molecule has 1 aromatic carbocycles. The van der Waals surface area contributed by atoms with Crippen molar-refractivity contribution in [2.24, 2.45) is 5.73 Å². The van der Waals surface area contributed by atoms with Crippen LogP contribution in [0.4, 0.5) is 15.0 Å². The van der Waals surface area contributed by atoms with Gasteiger partial charge in [0, 0.05) is 34.9 Å². The Kier molecular flexibility index (Phi) is 5.81. The van der Waals surface area contributed by atoms with Crippen molar-refractivity contribution in [1.29, 1.82) is 0 Å². The Balaban J connectivity index is 1.70. The van der Waals surface area contributed by atoms with E-state index in [0.717, 1.165) is 16.5 Å². The van der Waals surface area contributed by atoms with E-state index in [1.807, 2.05) is 6.08 Å². The monoisotopic (exact) mass is 508 g/mol. The second-order valence-electron chi connectivity index (χ2n) is 7.15. The third-order valence-electron chi connectivity index (χ3n) is 5.25. The maximum absolute atomic E-state index is 14.0. The van der Waals surface area contributed by atoms with Gasteiger partial charge in [-0.2, -0.15) is 0 Å². The van der Waals surface area contributed by atoms with Crippen molar-refractivity contribution in [3.05, 3.63) is 57.1 Å². The lowest BCUT2D eigenvalue weighted by atomic mass is 9.99. The van der Waals surface area contributed by atoms with Gasteiger partial charge in [0.1, 0.15) is 11.9 Å². The van der Waals surface area contributed by atoms with E-state index in [0.29, 0.717) is 35.1 Å². The SMILES string of the molecule is CC(Oc1c(N)ncc2c(C3=CCN(C(N)=O)CC3)coc12)c1c(Br)ccc(F)c1Cl. The fraction of sp³-hybridized carbons (Fsp3) is 0.238. The number of carbonyl (C=O) groups is 1. The van der Waals surface area contributed by atoms with Crippen LogP contribution in [0, 0.1) is 5.82 Å². The highest BCUT2D eigenvalue weighted by Crippen LogP contribution is 2.41. The summed E-state index contributed by atoms with van der Waals surface area (Å²) in [5, 5.41) is 0.687. The molecule has 2 aromatic heterocycles. The third-order valence-corrected chi connectivity index (χ3v) is 6.32. The van der Waals surface area contributed by atoms with Crippen molar-refractivity contribution in [1.82, 2.24) is 9.88 Å². The minimum Gasteiger partial charge on any atom is -0.478 e. The van der Waals surface area contributed by atoms with Crippen molar-refractivity contribution in [2.45, 2.75) is 19.4 Å². The number of anilines is 1. The Morgan fingerprint density at radius 2 is 2.23 bits per heavy atom. The van der Waals surface area contributed by atoms with Crippen LogP contribution in [-0.4, -0.2) is 29.0 Å². The van der Waals surface area contributed by atoms with Crippen LogP contribution in [0.25, 0.3) is 16.5 Å². The van der Waals surface area contributed by atoms with E-state index in [9.17, 15) is 9.18 Å². The maximum Gasteiger partial charge on any atom is 0.315 e. The van der Waals surface area contributed by atoms with Crippen LogP contribution in [0.15, 0.2) is 39.6 Å². The van der Waals surface area contributed by atoms with E-state index in [2.05, 4.69) is 20.9 Å². The number of nitrogen functional groups attached to an aromatic ring is 1. The summed E-state index contributed by atoms with van der Waals surface area (Å²) in [7, 11) is 0. The van der Waals surface area contributed by atoms with Gasteiger partial charge in [-0.3, -0.25) is 0 Å². The minimum absolute atomic E-state index is 0.0351. The number of nitrogens with zero attached hydrogens (tertiary/aromatic N) is 2. The summed E-state index contributed by atoms with van der Waals surface area (Å²) in [6.45, 7) is 2.67. The topological polar surface area (TPSA) is 108 Å². The second-order valence-corrected chi connectivity index (χ2v) is 8.38. The summed E-state index contributed by atoms with van der Waals surface area (Å²) in [5.41, 5.74) is 14.1. The number of hydrogen-bond donors (Lipinski definition) is 2. The molecular formula is C21H19BrClFN4O3. The van der Waals surface area contributed by atoms with E-state index >= 15 is 0 Å². The molecule has 1 aliphatic rings. The van der Waals surface area contributed by atoms with Crippen LogP contribution in [0.1, 0.15) is 30.6 Å². The molecule has 1 atom stereocenters. The number of carbonyl (C=O) groups excluding carboxylic acids is 1. The zero-order chi connectivity index (χ0) is 22.3. The van der Waals surface area contributed by atoms with Gasteiger partial charge in [-0.05, 0) is 31.1 Å². The quantitative estimate of drug-likeness (QED) is 0.466. The minimum atomic E-state index is -0.640. The standard InChI is InChI=1S/C21H19BrClFN4O3/c1-10(16-14(22)2-3-15(24)17(16)23)31-19-18-12(8-27-20(19)25)13(9-30-18)11-4-6-28(7-5-11)21(26)29/h2-4,8-10H,5-7H2,1H3,(H2,25,27)(H2,26,29). The first kappa shape index (κ1) is 21.5. The normalized spacial score (nSPS) is 15.1.